The van der Waals surface area contributed by atoms with Crippen LogP contribution in [0.15, 0.2) is 12.4 Å². The van der Waals surface area contributed by atoms with Crippen molar-refractivity contribution in [3.8, 4) is 0 Å². The third-order valence-corrected chi connectivity index (χ3v) is 4.66. The van der Waals surface area contributed by atoms with Gasteiger partial charge < -0.3 is 16.0 Å². The first-order valence-corrected chi connectivity index (χ1v) is 7.95. The van der Waals surface area contributed by atoms with E-state index in [1.165, 1.54) is 30.4 Å². The van der Waals surface area contributed by atoms with E-state index in [0.717, 1.165) is 6.42 Å². The van der Waals surface area contributed by atoms with Gasteiger partial charge in [0.05, 0.1) is 17.9 Å². The lowest BCUT2D eigenvalue weighted by Gasteiger charge is -2.24. The predicted molar refractivity (Wildman–Crippen MR) is 82.2 cm³/mol. The largest absolute Gasteiger partial charge is 0.358 e. The van der Waals surface area contributed by atoms with Crippen LogP contribution >= 0.6 is 0 Å². The summed E-state index contributed by atoms with van der Waals surface area (Å²) in [7, 11) is 1.58. The van der Waals surface area contributed by atoms with Gasteiger partial charge >= 0.3 is 0 Å². The fourth-order valence-corrected chi connectivity index (χ4v) is 3.49. The number of aromatic nitrogens is 2. The molecule has 0 aromatic carbocycles. The van der Waals surface area contributed by atoms with Crippen molar-refractivity contribution >= 4 is 17.5 Å². The van der Waals surface area contributed by atoms with Gasteiger partial charge in [0.2, 0.25) is 11.8 Å². The second-order valence-corrected chi connectivity index (χ2v) is 6.20. The Balaban J connectivity index is 1.54. The molecule has 120 valence electrons. The summed E-state index contributed by atoms with van der Waals surface area (Å²) in [6.45, 7) is 0.151. The molecule has 3 rings (SSSR count). The molecule has 2 amide bonds. The summed E-state index contributed by atoms with van der Waals surface area (Å²) in [5.41, 5.74) is 0.630. The normalized spacial score (nSPS) is 27.2. The van der Waals surface area contributed by atoms with Crippen LogP contribution in [0.3, 0.4) is 0 Å². The highest BCUT2D eigenvalue weighted by Crippen LogP contribution is 2.33. The van der Waals surface area contributed by atoms with Crippen molar-refractivity contribution < 1.29 is 9.59 Å². The van der Waals surface area contributed by atoms with Gasteiger partial charge in [0.1, 0.15) is 6.54 Å². The summed E-state index contributed by atoms with van der Waals surface area (Å²) in [5, 5.41) is 13.0. The molecule has 0 spiro atoms. The van der Waals surface area contributed by atoms with E-state index in [4.69, 9.17) is 0 Å². The first-order valence-electron chi connectivity index (χ1n) is 7.95. The lowest BCUT2D eigenvalue weighted by atomic mass is 9.85. The van der Waals surface area contributed by atoms with Gasteiger partial charge in [-0.05, 0) is 25.2 Å². The first-order chi connectivity index (χ1) is 10.7. The topological polar surface area (TPSA) is 88.0 Å². The van der Waals surface area contributed by atoms with Crippen LogP contribution in [0, 0.1) is 5.92 Å². The maximum Gasteiger partial charge on any atom is 0.241 e. The van der Waals surface area contributed by atoms with E-state index < -0.39 is 0 Å². The SMILES string of the molecule is CNC(=O)Cn1cc(NC(=O)C2CC3CCCCC3N2)cn1. The van der Waals surface area contributed by atoms with E-state index in [-0.39, 0.29) is 24.4 Å². The molecule has 0 radical (unpaired) electrons. The van der Waals surface area contributed by atoms with Crippen molar-refractivity contribution in [2.24, 2.45) is 5.92 Å². The van der Waals surface area contributed by atoms with Gasteiger partial charge in [0, 0.05) is 19.3 Å². The fourth-order valence-electron chi connectivity index (χ4n) is 3.49. The number of carbonyl (C=O) groups excluding carboxylic acids is 2. The van der Waals surface area contributed by atoms with Gasteiger partial charge in [-0.15, -0.1) is 0 Å². The Bertz CT molecular complexity index is 542. The molecule has 3 N–H and O–H groups in total. The van der Waals surface area contributed by atoms with Crippen molar-refractivity contribution in [2.45, 2.75) is 50.7 Å². The fraction of sp³-hybridized carbons (Fsp3) is 0.667. The molecule has 3 atom stereocenters. The zero-order chi connectivity index (χ0) is 15.5. The average molecular weight is 305 g/mol. The smallest absolute Gasteiger partial charge is 0.241 e. The molecule has 3 unspecified atom stereocenters. The zero-order valence-electron chi connectivity index (χ0n) is 12.8. The average Bonchev–Trinajstić information content (AvgIpc) is 3.13. The Morgan fingerprint density at radius 1 is 1.41 bits per heavy atom. The lowest BCUT2D eigenvalue weighted by Crippen LogP contribution is -2.39. The molecular weight excluding hydrogens is 282 g/mol. The molecule has 22 heavy (non-hydrogen) atoms. The van der Waals surface area contributed by atoms with Crippen molar-refractivity contribution in [1.82, 2.24) is 20.4 Å². The number of rotatable bonds is 4. The van der Waals surface area contributed by atoms with Gasteiger partial charge in [-0.3, -0.25) is 14.3 Å². The second-order valence-electron chi connectivity index (χ2n) is 6.20. The molecule has 7 heteroatoms. The molecule has 1 aliphatic heterocycles. The molecule has 1 aliphatic carbocycles. The molecule has 1 saturated carbocycles. The summed E-state index contributed by atoms with van der Waals surface area (Å²) in [5.74, 6) is 0.511. The minimum atomic E-state index is -0.123. The van der Waals surface area contributed by atoms with Crippen molar-refractivity contribution in [1.29, 1.82) is 0 Å². The van der Waals surface area contributed by atoms with Gasteiger partial charge in [-0.25, -0.2) is 0 Å². The van der Waals surface area contributed by atoms with Gasteiger partial charge in [-0.1, -0.05) is 12.8 Å². The molecule has 2 aliphatic rings. The van der Waals surface area contributed by atoms with Crippen molar-refractivity contribution in [3.05, 3.63) is 12.4 Å². The highest BCUT2D eigenvalue weighted by Gasteiger charge is 2.38. The molecule has 1 saturated heterocycles. The highest BCUT2D eigenvalue weighted by molar-refractivity contribution is 5.94. The maximum absolute atomic E-state index is 12.4. The molecule has 1 aromatic rings. The number of nitrogens with zero attached hydrogens (tertiary/aromatic N) is 2. The Labute approximate surface area is 129 Å². The van der Waals surface area contributed by atoms with Crippen LogP contribution in [0.5, 0.6) is 0 Å². The van der Waals surface area contributed by atoms with E-state index in [9.17, 15) is 9.59 Å². The van der Waals surface area contributed by atoms with Crippen LogP contribution in [-0.2, 0) is 16.1 Å². The number of likely N-dealkylation sites (N-methyl/N-ethyl adjacent to an activating group) is 1. The van der Waals surface area contributed by atoms with Crippen molar-refractivity contribution in [2.75, 3.05) is 12.4 Å². The van der Waals surface area contributed by atoms with Gasteiger partial charge in [0.25, 0.3) is 0 Å². The number of nitrogens with one attached hydrogen (secondary N) is 3. The maximum atomic E-state index is 12.4. The molecule has 1 aromatic heterocycles. The predicted octanol–water partition coefficient (Wildman–Crippen LogP) is 0.488. The minimum absolute atomic E-state index is 0.00565. The highest BCUT2D eigenvalue weighted by atomic mass is 16.2. The van der Waals surface area contributed by atoms with Crippen LogP contribution in [0.4, 0.5) is 5.69 Å². The van der Waals surface area contributed by atoms with Gasteiger partial charge in [-0.2, -0.15) is 5.10 Å². The van der Waals surface area contributed by atoms with E-state index in [2.05, 4.69) is 21.0 Å². The van der Waals surface area contributed by atoms with Crippen molar-refractivity contribution in [3.63, 3.8) is 0 Å². The Morgan fingerprint density at radius 2 is 2.23 bits per heavy atom. The summed E-state index contributed by atoms with van der Waals surface area (Å²) >= 11 is 0. The molecule has 7 nitrogen and oxygen atoms in total. The number of hydrogen-bond acceptors (Lipinski definition) is 4. The number of amides is 2. The van der Waals surface area contributed by atoms with E-state index in [0.29, 0.717) is 17.6 Å². The van der Waals surface area contributed by atoms with E-state index in [1.54, 1.807) is 19.4 Å². The number of anilines is 1. The minimum Gasteiger partial charge on any atom is -0.358 e. The van der Waals surface area contributed by atoms with Crippen LogP contribution < -0.4 is 16.0 Å². The second kappa shape index (κ2) is 6.48. The number of hydrogen-bond donors (Lipinski definition) is 3. The third-order valence-electron chi connectivity index (χ3n) is 4.66. The zero-order valence-corrected chi connectivity index (χ0v) is 12.8. The summed E-state index contributed by atoms with van der Waals surface area (Å²) < 4.78 is 1.51. The third kappa shape index (κ3) is 3.30. The van der Waals surface area contributed by atoms with Gasteiger partial charge in [0.15, 0.2) is 0 Å². The first kappa shape index (κ1) is 15.0. The van der Waals surface area contributed by atoms with Crippen LogP contribution in [-0.4, -0.2) is 40.7 Å². The number of carbonyl (C=O) groups is 2. The quantitative estimate of drug-likeness (QED) is 0.755. The van der Waals surface area contributed by atoms with Crippen LogP contribution in [0.25, 0.3) is 0 Å². The molecule has 2 fully saturated rings. The molecular formula is C15H23N5O2. The molecule has 2 heterocycles. The Morgan fingerprint density at radius 3 is 3.00 bits per heavy atom. The summed E-state index contributed by atoms with van der Waals surface area (Å²) in [6.07, 6.45) is 9.11. The van der Waals surface area contributed by atoms with E-state index >= 15 is 0 Å². The monoisotopic (exact) mass is 305 g/mol. The Kier molecular flexibility index (Phi) is 4.42. The lowest BCUT2D eigenvalue weighted by molar-refractivity contribution is -0.121. The van der Waals surface area contributed by atoms with Crippen LogP contribution in [0.1, 0.15) is 32.1 Å². The Hall–Kier alpha value is -1.89. The van der Waals surface area contributed by atoms with E-state index in [1.807, 2.05) is 0 Å². The van der Waals surface area contributed by atoms with Crippen LogP contribution in [0.2, 0.25) is 0 Å². The molecule has 0 bridgehead atoms. The summed E-state index contributed by atoms with van der Waals surface area (Å²) in [4.78, 5) is 23.7. The summed E-state index contributed by atoms with van der Waals surface area (Å²) in [6, 6.07) is 0.385. The number of fused-ring (bicyclic) bond motifs is 1. The standard InChI is InChI=1S/C15H23N5O2/c1-16-14(21)9-20-8-11(7-17-20)18-15(22)13-6-10-4-2-3-5-12(10)19-13/h7-8,10,12-13,19H,2-6,9H2,1H3,(H,16,21)(H,18,22).